The molecule has 1 aromatic heterocycles. The second-order valence-electron chi connectivity index (χ2n) is 8.40. The molecule has 1 aromatic carbocycles. The minimum absolute atomic E-state index is 0.0464. The third kappa shape index (κ3) is 6.15. The van der Waals surface area contributed by atoms with Crippen molar-refractivity contribution in [3.8, 4) is 0 Å². The Hall–Kier alpha value is -2.19. The number of aromatic nitrogens is 2. The molecule has 0 radical (unpaired) electrons. The predicted molar refractivity (Wildman–Crippen MR) is 125 cm³/mol. The summed E-state index contributed by atoms with van der Waals surface area (Å²) in [5, 5.41) is 9.76. The molecule has 1 saturated carbocycles. The number of amides is 1. The second-order valence-corrected chi connectivity index (χ2v) is 9.26. The molecule has 162 valence electrons. The minimum atomic E-state index is -0.0464. The van der Waals surface area contributed by atoms with Crippen LogP contribution in [0.15, 0.2) is 34.9 Å². The summed E-state index contributed by atoms with van der Waals surface area (Å²) < 4.78 is 0.782. The van der Waals surface area contributed by atoms with Crippen molar-refractivity contribution in [3.05, 3.63) is 40.5 Å². The maximum atomic E-state index is 12.5. The van der Waals surface area contributed by atoms with E-state index in [2.05, 4.69) is 73.0 Å². The van der Waals surface area contributed by atoms with Gasteiger partial charge in [-0.1, -0.05) is 18.6 Å². The van der Waals surface area contributed by atoms with Gasteiger partial charge in [0.1, 0.15) is 5.82 Å². The van der Waals surface area contributed by atoms with E-state index in [0.717, 1.165) is 36.0 Å². The normalized spacial score (nSPS) is 18.6. The van der Waals surface area contributed by atoms with Crippen molar-refractivity contribution in [2.45, 2.75) is 51.7 Å². The van der Waals surface area contributed by atoms with Crippen molar-refractivity contribution in [2.24, 2.45) is 5.92 Å². The minimum Gasteiger partial charge on any atom is -0.365 e. The van der Waals surface area contributed by atoms with E-state index in [-0.39, 0.29) is 23.9 Å². The van der Waals surface area contributed by atoms with Crippen LogP contribution in [-0.2, 0) is 11.3 Å². The molecule has 3 rings (SSSR count). The molecule has 1 heterocycles. The summed E-state index contributed by atoms with van der Waals surface area (Å²) in [6.07, 6.45) is 4.60. The average Bonchev–Trinajstić information content (AvgIpc) is 3.13. The lowest BCUT2D eigenvalue weighted by Crippen LogP contribution is -2.41. The summed E-state index contributed by atoms with van der Waals surface area (Å²) in [5.41, 5.74) is 2.18. The SMILES string of the molecule is CC(C)NC(=O)[C@H]1CCC[C@H]1Nc1nc(Nc2ccc(CN(C)C)cc2)ncc1Br. The molecule has 8 heteroatoms. The van der Waals surface area contributed by atoms with E-state index in [1.807, 2.05) is 26.0 Å². The smallest absolute Gasteiger partial charge is 0.229 e. The van der Waals surface area contributed by atoms with Crippen LogP contribution in [0.3, 0.4) is 0 Å². The first kappa shape index (κ1) is 22.5. The van der Waals surface area contributed by atoms with Crippen molar-refractivity contribution in [1.82, 2.24) is 20.2 Å². The molecule has 1 aliphatic rings. The molecule has 0 aliphatic heterocycles. The summed E-state index contributed by atoms with van der Waals surface area (Å²) in [4.78, 5) is 23.7. The highest BCUT2D eigenvalue weighted by atomic mass is 79.9. The topological polar surface area (TPSA) is 82.2 Å². The Morgan fingerprint density at radius 2 is 1.97 bits per heavy atom. The maximum absolute atomic E-state index is 12.5. The fraction of sp³-hybridized carbons (Fsp3) is 0.500. The fourth-order valence-corrected chi connectivity index (χ4v) is 4.04. The third-order valence-electron chi connectivity index (χ3n) is 5.06. The van der Waals surface area contributed by atoms with Crippen molar-refractivity contribution in [1.29, 1.82) is 0 Å². The number of carbonyl (C=O) groups excluding carboxylic acids is 1. The van der Waals surface area contributed by atoms with Crippen molar-refractivity contribution in [3.63, 3.8) is 0 Å². The molecule has 2 atom stereocenters. The third-order valence-corrected chi connectivity index (χ3v) is 5.64. The van der Waals surface area contributed by atoms with E-state index in [4.69, 9.17) is 0 Å². The van der Waals surface area contributed by atoms with Crippen LogP contribution in [0.25, 0.3) is 0 Å². The van der Waals surface area contributed by atoms with Crippen molar-refractivity contribution < 1.29 is 4.79 Å². The molecule has 0 spiro atoms. The van der Waals surface area contributed by atoms with E-state index < -0.39 is 0 Å². The first-order valence-corrected chi connectivity index (χ1v) is 11.2. The molecular formula is C22H31BrN6O. The molecule has 0 bridgehead atoms. The fourth-order valence-electron chi connectivity index (χ4n) is 3.73. The summed E-state index contributed by atoms with van der Waals surface area (Å²) in [6.45, 7) is 4.87. The van der Waals surface area contributed by atoms with Gasteiger partial charge in [0, 0.05) is 30.5 Å². The van der Waals surface area contributed by atoms with Crippen LogP contribution in [0.5, 0.6) is 0 Å². The summed E-state index contributed by atoms with van der Waals surface area (Å²) in [7, 11) is 4.11. The van der Waals surface area contributed by atoms with E-state index in [0.29, 0.717) is 11.8 Å². The number of rotatable bonds is 8. The van der Waals surface area contributed by atoms with Gasteiger partial charge in [0.2, 0.25) is 11.9 Å². The van der Waals surface area contributed by atoms with Gasteiger partial charge in [-0.2, -0.15) is 4.98 Å². The average molecular weight is 475 g/mol. The summed E-state index contributed by atoms with van der Waals surface area (Å²) in [5.74, 6) is 1.28. The summed E-state index contributed by atoms with van der Waals surface area (Å²) >= 11 is 3.53. The van der Waals surface area contributed by atoms with Gasteiger partial charge in [-0.3, -0.25) is 4.79 Å². The van der Waals surface area contributed by atoms with Crippen LogP contribution in [0.2, 0.25) is 0 Å². The Kier molecular flexibility index (Phi) is 7.66. The monoisotopic (exact) mass is 474 g/mol. The molecule has 30 heavy (non-hydrogen) atoms. The maximum Gasteiger partial charge on any atom is 0.229 e. The van der Waals surface area contributed by atoms with Gasteiger partial charge < -0.3 is 20.9 Å². The number of carbonyl (C=O) groups is 1. The lowest BCUT2D eigenvalue weighted by Gasteiger charge is -2.22. The number of anilines is 3. The molecule has 1 aliphatic carbocycles. The number of benzene rings is 1. The molecular weight excluding hydrogens is 444 g/mol. The van der Waals surface area contributed by atoms with Crippen LogP contribution in [0, 0.1) is 5.92 Å². The summed E-state index contributed by atoms with van der Waals surface area (Å²) in [6, 6.07) is 8.45. The second kappa shape index (κ2) is 10.2. The first-order valence-electron chi connectivity index (χ1n) is 10.4. The highest BCUT2D eigenvalue weighted by Crippen LogP contribution is 2.31. The Morgan fingerprint density at radius 1 is 1.23 bits per heavy atom. The van der Waals surface area contributed by atoms with Crippen LogP contribution in [-0.4, -0.2) is 47.0 Å². The zero-order valence-corrected chi connectivity index (χ0v) is 19.7. The predicted octanol–water partition coefficient (Wildman–Crippen LogP) is 4.15. The molecule has 7 nitrogen and oxygen atoms in total. The molecule has 1 fully saturated rings. The largest absolute Gasteiger partial charge is 0.365 e. The van der Waals surface area contributed by atoms with E-state index in [1.165, 1.54) is 5.56 Å². The van der Waals surface area contributed by atoms with Crippen LogP contribution in [0.4, 0.5) is 17.5 Å². The Morgan fingerprint density at radius 3 is 2.63 bits per heavy atom. The molecule has 0 saturated heterocycles. The Bertz CT molecular complexity index is 855. The highest BCUT2D eigenvalue weighted by molar-refractivity contribution is 9.10. The van der Waals surface area contributed by atoms with Gasteiger partial charge in [-0.15, -0.1) is 0 Å². The van der Waals surface area contributed by atoms with Crippen LogP contribution in [0.1, 0.15) is 38.7 Å². The first-order chi connectivity index (χ1) is 14.3. The zero-order chi connectivity index (χ0) is 21.7. The Balaban J connectivity index is 1.68. The zero-order valence-electron chi connectivity index (χ0n) is 18.1. The van der Waals surface area contributed by atoms with Crippen LogP contribution >= 0.6 is 15.9 Å². The van der Waals surface area contributed by atoms with E-state index in [1.54, 1.807) is 6.20 Å². The molecule has 0 unspecified atom stereocenters. The Labute approximate surface area is 187 Å². The van der Waals surface area contributed by atoms with Gasteiger partial charge in [-0.05, 0) is 74.4 Å². The number of nitrogens with one attached hydrogen (secondary N) is 3. The molecule has 2 aromatic rings. The van der Waals surface area contributed by atoms with Gasteiger partial charge in [0.05, 0.1) is 10.4 Å². The lowest BCUT2D eigenvalue weighted by molar-refractivity contribution is -0.125. The van der Waals surface area contributed by atoms with E-state index >= 15 is 0 Å². The van der Waals surface area contributed by atoms with Crippen molar-refractivity contribution >= 4 is 39.3 Å². The molecule has 1 amide bonds. The number of nitrogens with zero attached hydrogens (tertiary/aromatic N) is 3. The number of hydrogen-bond donors (Lipinski definition) is 3. The molecule has 3 N–H and O–H groups in total. The van der Waals surface area contributed by atoms with Gasteiger partial charge >= 0.3 is 0 Å². The quantitative estimate of drug-likeness (QED) is 0.532. The lowest BCUT2D eigenvalue weighted by atomic mass is 10.0. The number of halogens is 1. The van der Waals surface area contributed by atoms with E-state index in [9.17, 15) is 4.79 Å². The van der Waals surface area contributed by atoms with Crippen molar-refractivity contribution in [2.75, 3.05) is 24.7 Å². The number of hydrogen-bond acceptors (Lipinski definition) is 6. The van der Waals surface area contributed by atoms with Gasteiger partial charge in [0.15, 0.2) is 0 Å². The van der Waals surface area contributed by atoms with Gasteiger partial charge in [0.25, 0.3) is 0 Å². The van der Waals surface area contributed by atoms with Gasteiger partial charge in [-0.25, -0.2) is 4.98 Å². The standard InChI is InChI=1S/C22H31BrN6O/c1-14(2)25-21(30)17-6-5-7-19(17)27-20-18(23)12-24-22(28-20)26-16-10-8-15(9-11-16)13-29(3)4/h8-12,14,17,19H,5-7,13H2,1-4H3,(H,25,30)(H2,24,26,27,28)/t17-,19+/m0/s1. The highest BCUT2D eigenvalue weighted by Gasteiger charge is 2.33. The van der Waals surface area contributed by atoms with Crippen LogP contribution < -0.4 is 16.0 Å².